The maximum atomic E-state index is 13.4. The normalized spacial score (nSPS) is 14.0. The van der Waals surface area contributed by atoms with Crippen LogP contribution < -0.4 is 10.2 Å². The summed E-state index contributed by atoms with van der Waals surface area (Å²) in [6.07, 6.45) is 0. The number of benzene rings is 3. The summed E-state index contributed by atoms with van der Waals surface area (Å²) in [6, 6.07) is 21.3. The summed E-state index contributed by atoms with van der Waals surface area (Å²) in [7, 11) is 0. The Hall–Kier alpha value is -3.08. The van der Waals surface area contributed by atoms with E-state index in [-0.39, 0.29) is 5.70 Å². The van der Waals surface area contributed by atoms with E-state index in [1.165, 1.54) is 5.56 Å². The first-order valence-electron chi connectivity index (χ1n) is 9.86. The molecule has 0 aromatic heterocycles. The van der Waals surface area contributed by atoms with Gasteiger partial charge in [0.25, 0.3) is 11.8 Å². The lowest BCUT2D eigenvalue weighted by Crippen LogP contribution is -2.32. The maximum absolute atomic E-state index is 13.4. The number of nitrogens with zero attached hydrogens (tertiary/aromatic N) is 1. The second-order valence-corrected chi connectivity index (χ2v) is 8.45. The molecule has 1 aliphatic heterocycles. The smallest absolute Gasteiger partial charge is 0.282 e. The van der Waals surface area contributed by atoms with Crippen molar-refractivity contribution in [2.45, 2.75) is 19.8 Å². The Kier molecular flexibility index (Phi) is 5.86. The molecule has 1 aliphatic rings. The van der Waals surface area contributed by atoms with Gasteiger partial charge in [-0.2, -0.15) is 0 Å². The van der Waals surface area contributed by atoms with Gasteiger partial charge in [0.15, 0.2) is 0 Å². The van der Waals surface area contributed by atoms with E-state index >= 15 is 0 Å². The molecular weight excluding hydrogens is 431 g/mol. The van der Waals surface area contributed by atoms with Gasteiger partial charge in [0, 0.05) is 15.7 Å². The van der Waals surface area contributed by atoms with Crippen LogP contribution >= 0.6 is 23.2 Å². The van der Waals surface area contributed by atoms with Crippen molar-refractivity contribution >= 4 is 52.0 Å². The van der Waals surface area contributed by atoms with Crippen molar-refractivity contribution in [3.63, 3.8) is 0 Å². The van der Waals surface area contributed by atoms with E-state index in [2.05, 4.69) is 19.2 Å². The second-order valence-electron chi connectivity index (χ2n) is 7.58. The Morgan fingerprint density at radius 1 is 0.742 bits per heavy atom. The van der Waals surface area contributed by atoms with E-state index in [0.717, 1.165) is 10.6 Å². The molecule has 0 atom stereocenters. The Balaban J connectivity index is 1.77. The highest BCUT2D eigenvalue weighted by Gasteiger charge is 2.40. The molecule has 3 aromatic carbocycles. The summed E-state index contributed by atoms with van der Waals surface area (Å²) in [5.74, 6) is -0.436. The van der Waals surface area contributed by atoms with Gasteiger partial charge in [0.1, 0.15) is 5.70 Å². The molecule has 0 unspecified atom stereocenters. The van der Waals surface area contributed by atoms with E-state index in [1.54, 1.807) is 48.5 Å². The van der Waals surface area contributed by atoms with Crippen molar-refractivity contribution in [2.24, 2.45) is 0 Å². The van der Waals surface area contributed by atoms with Gasteiger partial charge in [0.2, 0.25) is 0 Å². The molecule has 0 saturated heterocycles. The van der Waals surface area contributed by atoms with Crippen molar-refractivity contribution in [2.75, 3.05) is 10.2 Å². The first-order chi connectivity index (χ1) is 14.8. The summed E-state index contributed by atoms with van der Waals surface area (Å²) in [5.41, 5.74) is 3.50. The minimum absolute atomic E-state index is 0.222. The van der Waals surface area contributed by atoms with Gasteiger partial charge in [-0.15, -0.1) is 0 Å². The quantitative estimate of drug-likeness (QED) is 0.450. The average molecular weight is 451 g/mol. The van der Waals surface area contributed by atoms with E-state index in [0.29, 0.717) is 32.8 Å². The lowest BCUT2D eigenvalue weighted by atomic mass is 10.0. The Bertz CT molecular complexity index is 1170. The number of amides is 2. The highest BCUT2D eigenvalue weighted by molar-refractivity contribution is 6.46. The molecule has 4 nitrogen and oxygen atoms in total. The van der Waals surface area contributed by atoms with Gasteiger partial charge in [-0.25, -0.2) is 4.90 Å². The van der Waals surface area contributed by atoms with E-state index < -0.39 is 11.8 Å². The number of hydrogen-bond acceptors (Lipinski definition) is 3. The van der Waals surface area contributed by atoms with E-state index in [4.69, 9.17) is 23.2 Å². The number of carbonyl (C=O) groups excluding carboxylic acids is 2. The van der Waals surface area contributed by atoms with Crippen LogP contribution in [0.3, 0.4) is 0 Å². The standard InChI is InChI=1S/C25H20Cl2N2O2/c1-15(2)16-5-11-20(12-6-16)28-23-22(17-3-7-18(26)8-4-17)24(30)29(25(23)31)21-13-9-19(27)10-14-21/h3-15,28H,1-2H3. The Labute approximate surface area is 191 Å². The van der Waals surface area contributed by atoms with Gasteiger partial charge >= 0.3 is 0 Å². The van der Waals surface area contributed by atoms with Crippen molar-refractivity contribution in [3.8, 4) is 0 Å². The number of rotatable bonds is 5. The number of carbonyl (C=O) groups is 2. The molecule has 4 rings (SSSR count). The van der Waals surface area contributed by atoms with Gasteiger partial charge < -0.3 is 5.32 Å². The summed E-state index contributed by atoms with van der Waals surface area (Å²) in [6.45, 7) is 4.24. The third kappa shape index (κ3) is 4.22. The van der Waals surface area contributed by atoms with Crippen molar-refractivity contribution in [3.05, 3.63) is 99.7 Å². The second kappa shape index (κ2) is 8.58. The van der Waals surface area contributed by atoms with Crippen LogP contribution in [-0.4, -0.2) is 11.8 Å². The zero-order valence-electron chi connectivity index (χ0n) is 17.0. The number of hydrogen-bond donors (Lipinski definition) is 1. The molecule has 1 N–H and O–H groups in total. The van der Waals surface area contributed by atoms with Crippen molar-refractivity contribution in [1.29, 1.82) is 0 Å². The SMILES string of the molecule is CC(C)c1ccc(NC2=C(c3ccc(Cl)cc3)C(=O)N(c3ccc(Cl)cc3)C2=O)cc1. The summed E-state index contributed by atoms with van der Waals surface area (Å²) in [4.78, 5) is 27.9. The third-order valence-corrected chi connectivity index (χ3v) is 5.65. The van der Waals surface area contributed by atoms with Gasteiger partial charge in [-0.3, -0.25) is 9.59 Å². The van der Waals surface area contributed by atoms with Gasteiger partial charge in [0.05, 0.1) is 11.3 Å². The zero-order valence-corrected chi connectivity index (χ0v) is 18.5. The molecule has 2 amide bonds. The number of imide groups is 1. The van der Waals surface area contributed by atoms with E-state index in [9.17, 15) is 9.59 Å². The fourth-order valence-electron chi connectivity index (χ4n) is 3.45. The molecular formula is C25H20Cl2N2O2. The number of anilines is 2. The van der Waals surface area contributed by atoms with Crippen LogP contribution in [0.5, 0.6) is 0 Å². The van der Waals surface area contributed by atoms with Gasteiger partial charge in [-0.05, 0) is 65.6 Å². The number of nitrogens with one attached hydrogen (secondary N) is 1. The largest absolute Gasteiger partial charge is 0.350 e. The summed E-state index contributed by atoms with van der Waals surface area (Å²) >= 11 is 12.0. The van der Waals surface area contributed by atoms with Crippen LogP contribution in [0.25, 0.3) is 5.57 Å². The van der Waals surface area contributed by atoms with Crippen LogP contribution in [-0.2, 0) is 9.59 Å². The Morgan fingerprint density at radius 3 is 1.84 bits per heavy atom. The molecule has 156 valence electrons. The molecule has 31 heavy (non-hydrogen) atoms. The van der Waals surface area contributed by atoms with Crippen LogP contribution in [0.1, 0.15) is 30.9 Å². The highest BCUT2D eigenvalue weighted by Crippen LogP contribution is 2.34. The molecule has 0 saturated carbocycles. The minimum Gasteiger partial charge on any atom is -0.350 e. The first-order valence-corrected chi connectivity index (χ1v) is 10.6. The summed E-state index contributed by atoms with van der Waals surface area (Å²) < 4.78 is 0. The molecule has 3 aromatic rings. The monoisotopic (exact) mass is 450 g/mol. The van der Waals surface area contributed by atoms with Crippen molar-refractivity contribution < 1.29 is 9.59 Å². The third-order valence-electron chi connectivity index (χ3n) is 5.15. The maximum Gasteiger partial charge on any atom is 0.282 e. The van der Waals surface area contributed by atoms with Crippen LogP contribution in [0.15, 0.2) is 78.5 Å². The van der Waals surface area contributed by atoms with Crippen LogP contribution in [0.4, 0.5) is 11.4 Å². The highest BCUT2D eigenvalue weighted by atomic mass is 35.5. The molecule has 0 aliphatic carbocycles. The summed E-state index contributed by atoms with van der Waals surface area (Å²) in [5, 5.41) is 4.25. The molecule has 0 bridgehead atoms. The molecule has 1 heterocycles. The van der Waals surface area contributed by atoms with Crippen LogP contribution in [0.2, 0.25) is 10.0 Å². The average Bonchev–Trinajstić information content (AvgIpc) is 2.99. The van der Waals surface area contributed by atoms with E-state index in [1.807, 2.05) is 24.3 Å². The number of halogens is 2. The van der Waals surface area contributed by atoms with Gasteiger partial charge in [-0.1, -0.05) is 61.3 Å². The minimum atomic E-state index is -0.426. The predicted molar refractivity (Wildman–Crippen MR) is 126 cm³/mol. The molecule has 6 heteroatoms. The first kappa shape index (κ1) is 21.2. The van der Waals surface area contributed by atoms with Crippen LogP contribution in [0, 0.1) is 0 Å². The zero-order chi connectivity index (χ0) is 22.1. The Morgan fingerprint density at radius 2 is 1.29 bits per heavy atom. The molecule has 0 spiro atoms. The molecule has 0 radical (unpaired) electrons. The predicted octanol–water partition coefficient (Wildman–Crippen LogP) is 6.51. The topological polar surface area (TPSA) is 49.4 Å². The fourth-order valence-corrected chi connectivity index (χ4v) is 3.70. The lowest BCUT2D eigenvalue weighted by Gasteiger charge is -2.15. The lowest BCUT2D eigenvalue weighted by molar-refractivity contribution is -0.120. The van der Waals surface area contributed by atoms with Crippen molar-refractivity contribution in [1.82, 2.24) is 0 Å². The molecule has 0 fully saturated rings. The fraction of sp³-hybridized carbons (Fsp3) is 0.120.